The third kappa shape index (κ3) is 1.81. The number of thiol groups is 1. The molecule has 0 unspecified atom stereocenters. The standard InChI is InChI=1S/C17H14S/c1-12-6-2-4-8-14(12)17-15-9-5-3-7-13(15)10-11-16(17)18/h2-11,18H,1H3. The molecule has 0 aromatic heterocycles. The lowest BCUT2D eigenvalue weighted by atomic mass is 9.95. The summed E-state index contributed by atoms with van der Waals surface area (Å²) in [6, 6.07) is 21.1. The van der Waals surface area contributed by atoms with Gasteiger partial charge >= 0.3 is 0 Å². The molecular formula is C17H14S. The number of hydrogen-bond acceptors (Lipinski definition) is 1. The van der Waals surface area contributed by atoms with Crippen molar-refractivity contribution in [1.82, 2.24) is 0 Å². The molecule has 0 N–H and O–H groups in total. The molecule has 0 aliphatic rings. The predicted molar refractivity (Wildman–Crippen MR) is 81.4 cm³/mol. The summed E-state index contributed by atoms with van der Waals surface area (Å²) in [6.07, 6.45) is 0. The molecule has 0 fully saturated rings. The monoisotopic (exact) mass is 250 g/mol. The van der Waals surface area contributed by atoms with Gasteiger partial charge in [0.2, 0.25) is 0 Å². The second-order valence-electron chi connectivity index (χ2n) is 4.50. The molecule has 0 bridgehead atoms. The van der Waals surface area contributed by atoms with Gasteiger partial charge in [-0.1, -0.05) is 54.6 Å². The van der Waals surface area contributed by atoms with E-state index in [1.165, 1.54) is 27.5 Å². The van der Waals surface area contributed by atoms with Gasteiger partial charge in [0.05, 0.1) is 0 Å². The molecule has 0 heterocycles. The van der Waals surface area contributed by atoms with Gasteiger partial charge in [-0.05, 0) is 34.9 Å². The number of hydrogen-bond donors (Lipinski definition) is 1. The molecule has 18 heavy (non-hydrogen) atoms. The van der Waals surface area contributed by atoms with Gasteiger partial charge in [-0.15, -0.1) is 12.6 Å². The molecule has 1 heteroatoms. The summed E-state index contributed by atoms with van der Waals surface area (Å²) in [5, 5.41) is 2.52. The molecular weight excluding hydrogens is 236 g/mol. The molecule has 0 aliphatic heterocycles. The van der Waals surface area contributed by atoms with Gasteiger partial charge < -0.3 is 0 Å². The summed E-state index contributed by atoms with van der Waals surface area (Å²) >= 11 is 4.63. The molecule has 0 saturated heterocycles. The molecule has 0 radical (unpaired) electrons. The quantitative estimate of drug-likeness (QED) is 0.570. The molecule has 0 aliphatic carbocycles. The Kier molecular flexibility index (Phi) is 2.85. The van der Waals surface area contributed by atoms with Gasteiger partial charge in [-0.25, -0.2) is 0 Å². The first-order chi connectivity index (χ1) is 8.77. The van der Waals surface area contributed by atoms with E-state index in [0.717, 1.165) is 4.90 Å². The Morgan fingerprint density at radius 1 is 0.778 bits per heavy atom. The fourth-order valence-electron chi connectivity index (χ4n) is 2.40. The zero-order valence-electron chi connectivity index (χ0n) is 10.2. The van der Waals surface area contributed by atoms with Gasteiger partial charge in [-0.3, -0.25) is 0 Å². The van der Waals surface area contributed by atoms with Gasteiger partial charge in [0.15, 0.2) is 0 Å². The van der Waals surface area contributed by atoms with E-state index in [1.54, 1.807) is 0 Å². The Bertz CT molecular complexity index is 714. The number of rotatable bonds is 1. The van der Waals surface area contributed by atoms with E-state index >= 15 is 0 Å². The molecule has 3 aromatic carbocycles. The zero-order valence-corrected chi connectivity index (χ0v) is 11.1. The first-order valence-corrected chi connectivity index (χ1v) is 6.49. The molecule has 3 rings (SSSR count). The third-order valence-corrected chi connectivity index (χ3v) is 3.69. The van der Waals surface area contributed by atoms with Crippen LogP contribution in [0.3, 0.4) is 0 Å². The summed E-state index contributed by atoms with van der Waals surface area (Å²) in [5.41, 5.74) is 3.78. The fraction of sp³-hybridized carbons (Fsp3) is 0.0588. The van der Waals surface area contributed by atoms with Crippen LogP contribution in [-0.2, 0) is 0 Å². The Balaban J connectivity index is 2.42. The molecule has 0 spiro atoms. The van der Waals surface area contributed by atoms with Crippen molar-refractivity contribution < 1.29 is 0 Å². The van der Waals surface area contributed by atoms with Crippen molar-refractivity contribution in [2.75, 3.05) is 0 Å². The second kappa shape index (κ2) is 4.51. The van der Waals surface area contributed by atoms with Crippen LogP contribution in [-0.4, -0.2) is 0 Å². The van der Waals surface area contributed by atoms with Crippen molar-refractivity contribution >= 4 is 23.4 Å². The normalized spacial score (nSPS) is 10.8. The van der Waals surface area contributed by atoms with Crippen LogP contribution in [0.4, 0.5) is 0 Å². The van der Waals surface area contributed by atoms with Crippen molar-refractivity contribution in [3.8, 4) is 11.1 Å². The van der Waals surface area contributed by atoms with Crippen LogP contribution in [0.1, 0.15) is 5.56 Å². The van der Waals surface area contributed by atoms with Crippen molar-refractivity contribution in [1.29, 1.82) is 0 Å². The van der Waals surface area contributed by atoms with Gasteiger partial charge in [0.1, 0.15) is 0 Å². The van der Waals surface area contributed by atoms with E-state index in [9.17, 15) is 0 Å². The minimum atomic E-state index is 1.03. The maximum atomic E-state index is 4.63. The molecule has 0 saturated carbocycles. The molecule has 88 valence electrons. The molecule has 0 amide bonds. The third-order valence-electron chi connectivity index (χ3n) is 3.32. The number of fused-ring (bicyclic) bond motifs is 1. The Morgan fingerprint density at radius 3 is 2.33 bits per heavy atom. The van der Waals surface area contributed by atoms with E-state index in [1.807, 2.05) is 0 Å². The minimum absolute atomic E-state index is 1.03. The molecule has 0 atom stereocenters. The van der Waals surface area contributed by atoms with Crippen molar-refractivity contribution in [2.24, 2.45) is 0 Å². The van der Waals surface area contributed by atoms with Crippen LogP contribution < -0.4 is 0 Å². The van der Waals surface area contributed by atoms with Crippen LogP contribution in [0.25, 0.3) is 21.9 Å². The van der Waals surface area contributed by atoms with Gasteiger partial charge in [0.25, 0.3) is 0 Å². The highest BCUT2D eigenvalue weighted by Gasteiger charge is 2.09. The van der Waals surface area contributed by atoms with Crippen LogP contribution in [0.15, 0.2) is 65.6 Å². The van der Waals surface area contributed by atoms with Crippen LogP contribution in [0, 0.1) is 6.92 Å². The fourth-order valence-corrected chi connectivity index (χ4v) is 2.71. The largest absolute Gasteiger partial charge is 0.143 e. The Labute approximate surface area is 113 Å². The lowest BCUT2D eigenvalue weighted by Gasteiger charge is -2.12. The predicted octanol–water partition coefficient (Wildman–Crippen LogP) is 5.10. The lowest BCUT2D eigenvalue weighted by molar-refractivity contribution is 1.42. The van der Waals surface area contributed by atoms with Gasteiger partial charge in [-0.2, -0.15) is 0 Å². The highest BCUT2D eigenvalue weighted by atomic mass is 32.1. The van der Waals surface area contributed by atoms with E-state index in [4.69, 9.17) is 0 Å². The topological polar surface area (TPSA) is 0 Å². The van der Waals surface area contributed by atoms with Gasteiger partial charge in [0, 0.05) is 10.5 Å². The summed E-state index contributed by atoms with van der Waals surface area (Å²) < 4.78 is 0. The summed E-state index contributed by atoms with van der Waals surface area (Å²) in [4.78, 5) is 1.03. The first-order valence-electron chi connectivity index (χ1n) is 6.04. The second-order valence-corrected chi connectivity index (χ2v) is 4.98. The van der Waals surface area contributed by atoms with E-state index in [0.29, 0.717) is 0 Å². The molecule has 3 aromatic rings. The van der Waals surface area contributed by atoms with Crippen molar-refractivity contribution in [3.05, 3.63) is 66.2 Å². The van der Waals surface area contributed by atoms with E-state index in [-0.39, 0.29) is 0 Å². The highest BCUT2D eigenvalue weighted by Crippen LogP contribution is 2.35. The van der Waals surface area contributed by atoms with Crippen LogP contribution in [0.5, 0.6) is 0 Å². The van der Waals surface area contributed by atoms with E-state index in [2.05, 4.69) is 80.2 Å². The minimum Gasteiger partial charge on any atom is -0.143 e. The average Bonchev–Trinajstić information content (AvgIpc) is 2.40. The Hall–Kier alpha value is -1.73. The lowest BCUT2D eigenvalue weighted by Crippen LogP contribution is -1.87. The zero-order chi connectivity index (χ0) is 12.5. The first kappa shape index (κ1) is 11.4. The summed E-state index contributed by atoms with van der Waals surface area (Å²) in [5.74, 6) is 0. The number of aryl methyl sites for hydroxylation is 1. The maximum Gasteiger partial charge on any atom is 0.0125 e. The summed E-state index contributed by atoms with van der Waals surface area (Å²) in [7, 11) is 0. The highest BCUT2D eigenvalue weighted by molar-refractivity contribution is 7.80. The average molecular weight is 250 g/mol. The van der Waals surface area contributed by atoms with Crippen LogP contribution >= 0.6 is 12.6 Å². The van der Waals surface area contributed by atoms with Crippen molar-refractivity contribution in [2.45, 2.75) is 11.8 Å². The Morgan fingerprint density at radius 2 is 1.50 bits per heavy atom. The molecule has 0 nitrogen and oxygen atoms in total. The SMILES string of the molecule is Cc1ccccc1-c1c(S)ccc2ccccc12. The summed E-state index contributed by atoms with van der Waals surface area (Å²) in [6.45, 7) is 2.14. The van der Waals surface area contributed by atoms with Crippen LogP contribution in [0.2, 0.25) is 0 Å². The van der Waals surface area contributed by atoms with Crippen molar-refractivity contribution in [3.63, 3.8) is 0 Å². The number of benzene rings is 3. The smallest absolute Gasteiger partial charge is 0.0125 e. The van der Waals surface area contributed by atoms with E-state index < -0.39 is 0 Å². The maximum absolute atomic E-state index is 4.63.